The van der Waals surface area contributed by atoms with Gasteiger partial charge in [-0.15, -0.1) is 0 Å². The number of ether oxygens (including phenoxy) is 1. The molecule has 4 unspecified atom stereocenters. The standard InChI is InChI=1S/C10H19FO3/c1-10(2,3)4-7-9(13)8(12)6(11)5-14-7/h6-9,12-13H,4-5H2,1-3H3. The molecule has 0 aromatic rings. The van der Waals surface area contributed by atoms with Gasteiger partial charge in [-0.1, -0.05) is 20.8 Å². The van der Waals surface area contributed by atoms with Crippen molar-refractivity contribution in [2.75, 3.05) is 6.61 Å². The molecule has 0 bridgehead atoms. The number of alkyl halides is 1. The molecule has 1 fully saturated rings. The molecule has 0 saturated carbocycles. The van der Waals surface area contributed by atoms with Crippen molar-refractivity contribution in [1.29, 1.82) is 0 Å². The summed E-state index contributed by atoms with van der Waals surface area (Å²) < 4.78 is 18.1. The molecule has 1 heterocycles. The van der Waals surface area contributed by atoms with Crippen LogP contribution >= 0.6 is 0 Å². The van der Waals surface area contributed by atoms with Crippen molar-refractivity contribution in [3.05, 3.63) is 0 Å². The summed E-state index contributed by atoms with van der Waals surface area (Å²) in [4.78, 5) is 0. The van der Waals surface area contributed by atoms with Crippen molar-refractivity contribution in [3.63, 3.8) is 0 Å². The van der Waals surface area contributed by atoms with E-state index in [1.165, 1.54) is 0 Å². The zero-order valence-electron chi connectivity index (χ0n) is 8.90. The van der Waals surface area contributed by atoms with E-state index in [4.69, 9.17) is 4.74 Å². The molecule has 0 radical (unpaired) electrons. The van der Waals surface area contributed by atoms with Gasteiger partial charge in [0.25, 0.3) is 0 Å². The molecule has 84 valence electrons. The van der Waals surface area contributed by atoms with Crippen molar-refractivity contribution in [1.82, 2.24) is 0 Å². The zero-order valence-corrected chi connectivity index (χ0v) is 8.90. The summed E-state index contributed by atoms with van der Waals surface area (Å²) in [5.41, 5.74) is -0.00544. The fraction of sp³-hybridized carbons (Fsp3) is 1.00. The summed E-state index contributed by atoms with van der Waals surface area (Å²) in [6.07, 6.45) is -3.75. The van der Waals surface area contributed by atoms with E-state index in [2.05, 4.69) is 0 Å². The minimum absolute atomic E-state index is 0.00544. The lowest BCUT2D eigenvalue weighted by atomic mass is 9.85. The summed E-state index contributed by atoms with van der Waals surface area (Å²) in [6, 6.07) is 0. The van der Waals surface area contributed by atoms with Crippen molar-refractivity contribution in [3.8, 4) is 0 Å². The second-order valence-corrected chi connectivity index (χ2v) is 5.13. The van der Waals surface area contributed by atoms with Gasteiger partial charge in [-0.3, -0.25) is 0 Å². The third kappa shape index (κ3) is 2.90. The molecule has 1 aliphatic heterocycles. The third-order valence-electron chi connectivity index (χ3n) is 2.38. The van der Waals surface area contributed by atoms with Crippen LogP contribution in [0.15, 0.2) is 0 Å². The Morgan fingerprint density at radius 3 is 2.36 bits per heavy atom. The van der Waals surface area contributed by atoms with Crippen molar-refractivity contribution in [2.24, 2.45) is 5.41 Å². The fourth-order valence-electron chi connectivity index (χ4n) is 1.63. The summed E-state index contributed by atoms with van der Waals surface area (Å²) in [6.45, 7) is 5.91. The van der Waals surface area contributed by atoms with Gasteiger partial charge in [0.05, 0.1) is 12.7 Å². The van der Waals surface area contributed by atoms with Gasteiger partial charge in [-0.2, -0.15) is 0 Å². The maximum Gasteiger partial charge on any atom is 0.152 e. The largest absolute Gasteiger partial charge is 0.388 e. The van der Waals surface area contributed by atoms with Crippen LogP contribution in [0.5, 0.6) is 0 Å². The van der Waals surface area contributed by atoms with Crippen LogP contribution in [0.1, 0.15) is 27.2 Å². The molecule has 4 atom stereocenters. The Morgan fingerprint density at radius 2 is 1.86 bits per heavy atom. The van der Waals surface area contributed by atoms with E-state index in [0.717, 1.165) is 0 Å². The normalized spacial score (nSPS) is 39.9. The minimum atomic E-state index is -1.47. The molecule has 1 rings (SSSR count). The second-order valence-electron chi connectivity index (χ2n) is 5.13. The van der Waals surface area contributed by atoms with Crippen molar-refractivity contribution in [2.45, 2.75) is 51.7 Å². The van der Waals surface area contributed by atoms with E-state index in [1.54, 1.807) is 0 Å². The van der Waals surface area contributed by atoms with Gasteiger partial charge in [-0.05, 0) is 11.8 Å². The maximum absolute atomic E-state index is 12.9. The van der Waals surface area contributed by atoms with Gasteiger partial charge >= 0.3 is 0 Å². The number of hydrogen-bond donors (Lipinski definition) is 2. The Hall–Kier alpha value is -0.190. The number of rotatable bonds is 1. The van der Waals surface area contributed by atoms with E-state index in [0.29, 0.717) is 6.42 Å². The van der Waals surface area contributed by atoms with Crippen LogP contribution in [-0.4, -0.2) is 41.3 Å². The molecule has 0 spiro atoms. The Labute approximate surface area is 83.9 Å². The first-order valence-corrected chi connectivity index (χ1v) is 4.93. The quantitative estimate of drug-likeness (QED) is 0.669. The summed E-state index contributed by atoms with van der Waals surface area (Å²) in [5.74, 6) is 0. The first-order valence-electron chi connectivity index (χ1n) is 4.93. The Balaban J connectivity index is 2.55. The SMILES string of the molecule is CC(C)(C)CC1OCC(F)C(O)C1O. The maximum atomic E-state index is 12.9. The third-order valence-corrected chi connectivity index (χ3v) is 2.38. The van der Waals surface area contributed by atoms with Crippen LogP contribution in [0.4, 0.5) is 4.39 Å². The molecule has 0 amide bonds. The number of halogens is 1. The topological polar surface area (TPSA) is 49.7 Å². The summed E-state index contributed by atoms with van der Waals surface area (Å²) >= 11 is 0. The lowest BCUT2D eigenvalue weighted by Crippen LogP contribution is -2.52. The van der Waals surface area contributed by atoms with Crippen LogP contribution in [0, 0.1) is 5.41 Å². The second kappa shape index (κ2) is 4.13. The monoisotopic (exact) mass is 206 g/mol. The smallest absolute Gasteiger partial charge is 0.152 e. The van der Waals surface area contributed by atoms with E-state index in [1.807, 2.05) is 20.8 Å². The Kier molecular flexibility index (Phi) is 3.50. The predicted octanol–water partition coefficient (Wildman–Crippen LogP) is 0.881. The predicted molar refractivity (Wildman–Crippen MR) is 50.7 cm³/mol. The average molecular weight is 206 g/mol. The number of aliphatic hydroxyl groups excluding tert-OH is 2. The van der Waals surface area contributed by atoms with Crippen LogP contribution < -0.4 is 0 Å². The molecule has 2 N–H and O–H groups in total. The highest BCUT2D eigenvalue weighted by atomic mass is 19.1. The molecule has 0 aromatic heterocycles. The van der Waals surface area contributed by atoms with Gasteiger partial charge < -0.3 is 14.9 Å². The summed E-state index contributed by atoms with van der Waals surface area (Å²) in [7, 11) is 0. The number of aliphatic hydroxyl groups is 2. The van der Waals surface area contributed by atoms with Gasteiger partial charge in [0.2, 0.25) is 0 Å². The highest BCUT2D eigenvalue weighted by molar-refractivity contribution is 4.88. The first-order chi connectivity index (χ1) is 6.31. The molecule has 1 saturated heterocycles. The average Bonchev–Trinajstić information content (AvgIpc) is 2.04. The van der Waals surface area contributed by atoms with Gasteiger partial charge in [-0.25, -0.2) is 4.39 Å². The highest BCUT2D eigenvalue weighted by Crippen LogP contribution is 2.28. The van der Waals surface area contributed by atoms with Gasteiger partial charge in [0.1, 0.15) is 12.2 Å². The van der Waals surface area contributed by atoms with E-state index in [-0.39, 0.29) is 12.0 Å². The van der Waals surface area contributed by atoms with Gasteiger partial charge in [0.15, 0.2) is 6.17 Å². The molecule has 0 aliphatic carbocycles. The Bertz CT molecular complexity index is 190. The van der Waals surface area contributed by atoms with Crippen LogP contribution in [-0.2, 0) is 4.74 Å². The summed E-state index contributed by atoms with van der Waals surface area (Å²) in [5, 5.41) is 18.9. The van der Waals surface area contributed by atoms with E-state index >= 15 is 0 Å². The molecule has 14 heavy (non-hydrogen) atoms. The van der Waals surface area contributed by atoms with Crippen LogP contribution in [0.25, 0.3) is 0 Å². The molecular formula is C10H19FO3. The van der Waals surface area contributed by atoms with E-state index in [9.17, 15) is 14.6 Å². The van der Waals surface area contributed by atoms with Crippen molar-refractivity contribution < 1.29 is 19.3 Å². The lowest BCUT2D eigenvalue weighted by molar-refractivity contribution is -0.175. The molecule has 1 aliphatic rings. The molecular weight excluding hydrogens is 187 g/mol. The van der Waals surface area contributed by atoms with Gasteiger partial charge in [0, 0.05) is 0 Å². The molecule has 3 nitrogen and oxygen atoms in total. The molecule has 4 heteroatoms. The minimum Gasteiger partial charge on any atom is -0.388 e. The number of hydrogen-bond acceptors (Lipinski definition) is 3. The fourth-order valence-corrected chi connectivity index (χ4v) is 1.63. The van der Waals surface area contributed by atoms with E-state index < -0.39 is 24.5 Å². The molecule has 0 aromatic carbocycles. The van der Waals surface area contributed by atoms with Crippen LogP contribution in [0.3, 0.4) is 0 Å². The Morgan fingerprint density at radius 1 is 1.29 bits per heavy atom. The first kappa shape index (κ1) is 11.9. The lowest BCUT2D eigenvalue weighted by Gasteiger charge is -2.37. The highest BCUT2D eigenvalue weighted by Gasteiger charge is 2.39. The van der Waals surface area contributed by atoms with Crippen molar-refractivity contribution >= 4 is 0 Å². The zero-order chi connectivity index (χ0) is 10.9. The van der Waals surface area contributed by atoms with Crippen LogP contribution in [0.2, 0.25) is 0 Å².